The molecule has 0 amide bonds. The molecular weight excluding hydrogens is 290 g/mol. The molecular formula is C11H12F2N4O2S. The first-order valence-corrected chi connectivity index (χ1v) is 7.00. The molecule has 0 saturated heterocycles. The van der Waals surface area contributed by atoms with Crippen molar-refractivity contribution in [3.63, 3.8) is 0 Å². The molecule has 2 rings (SSSR count). The summed E-state index contributed by atoms with van der Waals surface area (Å²) >= 11 is 0. The molecule has 6 nitrogen and oxygen atoms in total. The van der Waals surface area contributed by atoms with E-state index in [1.165, 1.54) is 6.20 Å². The number of rotatable bonds is 4. The summed E-state index contributed by atoms with van der Waals surface area (Å²) in [6.45, 7) is -0.151. The topological polar surface area (TPSA) is 90.0 Å². The summed E-state index contributed by atoms with van der Waals surface area (Å²) in [5.41, 5.74) is 5.15. The van der Waals surface area contributed by atoms with E-state index in [9.17, 15) is 17.2 Å². The van der Waals surface area contributed by atoms with E-state index in [0.29, 0.717) is 11.9 Å². The van der Waals surface area contributed by atoms with Crippen LogP contribution in [0.4, 0.5) is 14.5 Å². The van der Waals surface area contributed by atoms with Crippen molar-refractivity contribution in [2.24, 2.45) is 7.05 Å². The molecule has 0 aliphatic rings. The van der Waals surface area contributed by atoms with Gasteiger partial charge in [-0.3, -0.25) is 0 Å². The van der Waals surface area contributed by atoms with Crippen molar-refractivity contribution in [2.45, 2.75) is 11.4 Å². The van der Waals surface area contributed by atoms with Gasteiger partial charge in [0.25, 0.3) is 0 Å². The van der Waals surface area contributed by atoms with Crippen LogP contribution >= 0.6 is 0 Å². The van der Waals surface area contributed by atoms with Crippen molar-refractivity contribution in [1.29, 1.82) is 0 Å². The number of anilines is 1. The van der Waals surface area contributed by atoms with Crippen molar-refractivity contribution in [3.8, 4) is 0 Å². The van der Waals surface area contributed by atoms with Crippen LogP contribution in [-0.4, -0.2) is 18.0 Å². The molecule has 1 aromatic heterocycles. The lowest BCUT2D eigenvalue weighted by Gasteiger charge is -2.09. The quantitative estimate of drug-likeness (QED) is 0.816. The lowest BCUT2D eigenvalue weighted by atomic mass is 10.3. The first-order chi connectivity index (χ1) is 9.31. The van der Waals surface area contributed by atoms with Gasteiger partial charge in [-0.1, -0.05) is 0 Å². The van der Waals surface area contributed by atoms with Crippen LogP contribution in [0.15, 0.2) is 29.4 Å². The molecule has 0 radical (unpaired) electrons. The third-order valence-corrected chi connectivity index (χ3v) is 4.05. The first kappa shape index (κ1) is 14.4. The third-order valence-electron chi connectivity index (χ3n) is 2.65. The number of aromatic nitrogens is 2. The molecule has 2 aromatic rings. The highest BCUT2D eigenvalue weighted by molar-refractivity contribution is 7.89. The van der Waals surface area contributed by atoms with E-state index in [4.69, 9.17) is 5.73 Å². The fraction of sp³-hybridized carbons (Fsp3) is 0.182. The summed E-state index contributed by atoms with van der Waals surface area (Å²) in [7, 11) is -2.55. The van der Waals surface area contributed by atoms with Crippen LogP contribution in [0.25, 0.3) is 0 Å². The minimum Gasteiger partial charge on any atom is -0.399 e. The predicted molar refractivity (Wildman–Crippen MR) is 68.0 cm³/mol. The number of benzene rings is 1. The van der Waals surface area contributed by atoms with Crippen LogP contribution in [-0.2, 0) is 23.6 Å². The van der Waals surface area contributed by atoms with Gasteiger partial charge in [0.15, 0.2) is 11.6 Å². The second-order valence-electron chi connectivity index (χ2n) is 4.09. The molecule has 0 spiro atoms. The van der Waals surface area contributed by atoms with Gasteiger partial charge in [-0.25, -0.2) is 26.9 Å². The molecule has 0 aliphatic carbocycles. The van der Waals surface area contributed by atoms with Gasteiger partial charge in [0.05, 0.1) is 6.54 Å². The molecule has 0 fully saturated rings. The minimum absolute atomic E-state index is 0.151. The summed E-state index contributed by atoms with van der Waals surface area (Å²) in [6, 6.07) is 1.58. The summed E-state index contributed by atoms with van der Waals surface area (Å²) in [6.07, 6.45) is 3.12. The second kappa shape index (κ2) is 5.17. The van der Waals surface area contributed by atoms with Gasteiger partial charge in [-0.2, -0.15) is 0 Å². The number of nitrogens with two attached hydrogens (primary N) is 1. The van der Waals surface area contributed by atoms with Gasteiger partial charge >= 0.3 is 0 Å². The fourth-order valence-corrected chi connectivity index (χ4v) is 2.68. The van der Waals surface area contributed by atoms with Gasteiger partial charge in [0.1, 0.15) is 10.7 Å². The van der Waals surface area contributed by atoms with E-state index in [2.05, 4.69) is 9.71 Å². The standard InChI is InChI=1S/C11H12F2N4O2S/c1-17-3-2-15-10(17)6-16-20(18,19)9-5-7(14)4-8(12)11(9)13/h2-5,16H,6,14H2,1H3. The molecule has 1 heterocycles. The van der Waals surface area contributed by atoms with Crippen LogP contribution in [0.2, 0.25) is 0 Å². The number of nitrogens with zero attached hydrogens (tertiary/aromatic N) is 2. The zero-order chi connectivity index (χ0) is 14.9. The van der Waals surface area contributed by atoms with E-state index in [-0.39, 0.29) is 12.2 Å². The monoisotopic (exact) mass is 302 g/mol. The number of hydrogen-bond acceptors (Lipinski definition) is 4. The van der Waals surface area contributed by atoms with Gasteiger partial charge < -0.3 is 10.3 Å². The molecule has 3 N–H and O–H groups in total. The maximum Gasteiger partial charge on any atom is 0.244 e. The smallest absolute Gasteiger partial charge is 0.244 e. The lowest BCUT2D eigenvalue weighted by molar-refractivity contribution is 0.483. The van der Waals surface area contributed by atoms with Crippen molar-refractivity contribution in [1.82, 2.24) is 14.3 Å². The van der Waals surface area contributed by atoms with Crippen LogP contribution in [0.5, 0.6) is 0 Å². The van der Waals surface area contributed by atoms with Crippen molar-refractivity contribution < 1.29 is 17.2 Å². The van der Waals surface area contributed by atoms with Crippen LogP contribution in [0.1, 0.15) is 5.82 Å². The number of nitrogen functional groups attached to an aromatic ring is 1. The Kier molecular flexibility index (Phi) is 3.73. The Morgan fingerprint density at radius 3 is 2.70 bits per heavy atom. The van der Waals surface area contributed by atoms with E-state index < -0.39 is 26.6 Å². The summed E-state index contributed by atoms with van der Waals surface area (Å²) in [5.74, 6) is -2.35. The summed E-state index contributed by atoms with van der Waals surface area (Å²) in [5, 5.41) is 0. The highest BCUT2D eigenvalue weighted by atomic mass is 32.2. The maximum atomic E-state index is 13.6. The number of imidazole rings is 1. The number of hydrogen-bond donors (Lipinski definition) is 2. The fourth-order valence-electron chi connectivity index (χ4n) is 1.58. The molecule has 20 heavy (non-hydrogen) atoms. The zero-order valence-corrected chi connectivity index (χ0v) is 11.3. The van der Waals surface area contributed by atoms with E-state index in [1.54, 1.807) is 17.8 Å². The molecule has 0 saturated carbocycles. The van der Waals surface area contributed by atoms with E-state index >= 15 is 0 Å². The second-order valence-corrected chi connectivity index (χ2v) is 5.83. The number of sulfonamides is 1. The summed E-state index contributed by atoms with van der Waals surface area (Å²) in [4.78, 5) is 3.08. The Labute approximate surface area is 114 Å². The average Bonchev–Trinajstić information content (AvgIpc) is 2.77. The largest absolute Gasteiger partial charge is 0.399 e. The molecule has 0 unspecified atom stereocenters. The molecule has 9 heteroatoms. The Morgan fingerprint density at radius 2 is 2.10 bits per heavy atom. The molecule has 108 valence electrons. The lowest BCUT2D eigenvalue weighted by Crippen LogP contribution is -2.26. The van der Waals surface area contributed by atoms with Crippen LogP contribution < -0.4 is 10.5 Å². The number of aryl methyl sites for hydroxylation is 1. The van der Waals surface area contributed by atoms with E-state index in [1.807, 2.05) is 0 Å². The SMILES string of the molecule is Cn1ccnc1CNS(=O)(=O)c1cc(N)cc(F)c1F. The maximum absolute atomic E-state index is 13.6. The summed E-state index contributed by atoms with van der Waals surface area (Å²) < 4.78 is 54.4. The normalized spacial score (nSPS) is 11.8. The van der Waals surface area contributed by atoms with Gasteiger partial charge in [-0.05, 0) is 12.1 Å². The average molecular weight is 302 g/mol. The van der Waals surface area contributed by atoms with Crippen molar-refractivity contribution in [3.05, 3.63) is 42.0 Å². The highest BCUT2D eigenvalue weighted by Gasteiger charge is 2.22. The zero-order valence-electron chi connectivity index (χ0n) is 10.5. The Hall–Kier alpha value is -2.00. The third kappa shape index (κ3) is 2.78. The minimum atomic E-state index is -4.23. The first-order valence-electron chi connectivity index (χ1n) is 5.51. The Morgan fingerprint density at radius 1 is 1.40 bits per heavy atom. The van der Waals surface area contributed by atoms with Crippen molar-refractivity contribution in [2.75, 3.05) is 5.73 Å². The van der Waals surface area contributed by atoms with Gasteiger partial charge in [-0.15, -0.1) is 0 Å². The molecule has 0 bridgehead atoms. The highest BCUT2D eigenvalue weighted by Crippen LogP contribution is 2.21. The Balaban J connectivity index is 2.29. The van der Waals surface area contributed by atoms with Crippen molar-refractivity contribution >= 4 is 15.7 Å². The van der Waals surface area contributed by atoms with Gasteiger partial charge in [0, 0.05) is 25.1 Å². The molecule has 0 atom stereocenters. The van der Waals surface area contributed by atoms with Gasteiger partial charge in [0.2, 0.25) is 10.0 Å². The number of halogens is 2. The number of nitrogens with one attached hydrogen (secondary N) is 1. The Bertz CT molecular complexity index is 743. The van der Waals surface area contributed by atoms with Crippen LogP contribution in [0, 0.1) is 11.6 Å². The van der Waals surface area contributed by atoms with Crippen LogP contribution in [0.3, 0.4) is 0 Å². The predicted octanol–water partition coefficient (Wildman–Crippen LogP) is 0.759. The van der Waals surface area contributed by atoms with E-state index in [0.717, 1.165) is 6.07 Å². The molecule has 1 aromatic carbocycles. The molecule has 0 aliphatic heterocycles.